The molecule has 6 nitrogen and oxygen atoms in total. The Morgan fingerprint density at radius 2 is 1.94 bits per heavy atom. The van der Waals surface area contributed by atoms with Crippen LogP contribution in [0.2, 0.25) is 0 Å². The summed E-state index contributed by atoms with van der Waals surface area (Å²) in [5, 5.41) is 20.3. The SMILES string of the molecule is CCc1nnc(N(C)C)c(C(N)=NO)c1CC. The molecule has 0 atom stereocenters. The van der Waals surface area contributed by atoms with E-state index in [4.69, 9.17) is 10.9 Å². The Labute approximate surface area is 101 Å². The number of hydrogen-bond acceptors (Lipinski definition) is 5. The Kier molecular flexibility index (Phi) is 4.25. The van der Waals surface area contributed by atoms with Gasteiger partial charge in [0.2, 0.25) is 0 Å². The average Bonchev–Trinajstić information content (AvgIpc) is 2.35. The monoisotopic (exact) mass is 237 g/mol. The first-order valence-corrected chi connectivity index (χ1v) is 5.60. The van der Waals surface area contributed by atoms with Crippen molar-refractivity contribution in [1.82, 2.24) is 10.2 Å². The zero-order valence-corrected chi connectivity index (χ0v) is 10.7. The highest BCUT2D eigenvalue weighted by atomic mass is 16.4. The maximum Gasteiger partial charge on any atom is 0.174 e. The molecule has 1 heterocycles. The van der Waals surface area contributed by atoms with E-state index < -0.39 is 0 Å². The minimum absolute atomic E-state index is 0.0788. The van der Waals surface area contributed by atoms with E-state index in [9.17, 15) is 0 Å². The molecule has 0 amide bonds. The second-order valence-electron chi connectivity index (χ2n) is 3.91. The number of oxime groups is 1. The second-order valence-corrected chi connectivity index (χ2v) is 3.91. The minimum atomic E-state index is 0.0788. The molecule has 3 N–H and O–H groups in total. The Hall–Kier alpha value is -1.85. The number of amidine groups is 1. The zero-order valence-electron chi connectivity index (χ0n) is 10.7. The molecule has 0 radical (unpaired) electrons. The molecule has 1 rings (SSSR count). The minimum Gasteiger partial charge on any atom is -0.409 e. The first kappa shape index (κ1) is 13.2. The van der Waals surface area contributed by atoms with Crippen LogP contribution in [-0.2, 0) is 12.8 Å². The molecule has 94 valence electrons. The molecule has 1 aromatic heterocycles. The third-order valence-electron chi connectivity index (χ3n) is 2.62. The van der Waals surface area contributed by atoms with Gasteiger partial charge in [0.05, 0.1) is 11.3 Å². The summed E-state index contributed by atoms with van der Waals surface area (Å²) in [7, 11) is 3.70. The third kappa shape index (κ3) is 2.46. The highest BCUT2D eigenvalue weighted by Gasteiger charge is 2.18. The van der Waals surface area contributed by atoms with E-state index in [0.29, 0.717) is 11.4 Å². The highest BCUT2D eigenvalue weighted by Crippen LogP contribution is 2.22. The quantitative estimate of drug-likeness (QED) is 0.349. The Balaban J connectivity index is 3.56. The van der Waals surface area contributed by atoms with Crippen molar-refractivity contribution in [2.24, 2.45) is 10.9 Å². The smallest absolute Gasteiger partial charge is 0.174 e. The lowest BCUT2D eigenvalue weighted by Crippen LogP contribution is -2.24. The summed E-state index contributed by atoms with van der Waals surface area (Å²) in [5.41, 5.74) is 8.29. The van der Waals surface area contributed by atoms with Gasteiger partial charge in [-0.1, -0.05) is 19.0 Å². The molecule has 0 saturated heterocycles. The van der Waals surface area contributed by atoms with Crippen LogP contribution >= 0.6 is 0 Å². The Bertz CT molecular complexity index is 428. The van der Waals surface area contributed by atoms with Crippen LogP contribution in [-0.4, -0.2) is 35.3 Å². The summed E-state index contributed by atoms with van der Waals surface area (Å²) < 4.78 is 0. The van der Waals surface area contributed by atoms with Crippen molar-refractivity contribution in [2.75, 3.05) is 19.0 Å². The van der Waals surface area contributed by atoms with E-state index in [1.54, 1.807) is 4.90 Å². The Morgan fingerprint density at radius 1 is 1.29 bits per heavy atom. The fourth-order valence-electron chi connectivity index (χ4n) is 1.79. The fourth-order valence-corrected chi connectivity index (χ4v) is 1.79. The van der Waals surface area contributed by atoms with E-state index in [1.807, 2.05) is 27.9 Å². The molecular formula is C11H19N5O. The molecule has 0 aliphatic heterocycles. The molecule has 0 unspecified atom stereocenters. The molecule has 0 aromatic carbocycles. The van der Waals surface area contributed by atoms with Crippen molar-refractivity contribution >= 4 is 11.7 Å². The van der Waals surface area contributed by atoms with Crippen LogP contribution in [0.1, 0.15) is 30.7 Å². The summed E-state index contributed by atoms with van der Waals surface area (Å²) in [6, 6.07) is 0. The van der Waals surface area contributed by atoms with E-state index in [2.05, 4.69) is 15.4 Å². The summed E-state index contributed by atoms with van der Waals surface area (Å²) in [4.78, 5) is 1.80. The number of aryl methyl sites for hydroxylation is 1. The molecule has 0 spiro atoms. The van der Waals surface area contributed by atoms with Gasteiger partial charge >= 0.3 is 0 Å². The maximum absolute atomic E-state index is 8.87. The molecule has 1 aromatic rings. The predicted octanol–water partition coefficient (Wildman–Crippen LogP) is 0.762. The summed E-state index contributed by atoms with van der Waals surface area (Å²) in [6.07, 6.45) is 1.54. The number of anilines is 1. The highest BCUT2D eigenvalue weighted by molar-refractivity contribution is 6.02. The number of nitrogens with zero attached hydrogens (tertiary/aromatic N) is 4. The molecular weight excluding hydrogens is 218 g/mol. The lowest BCUT2D eigenvalue weighted by molar-refractivity contribution is 0.318. The lowest BCUT2D eigenvalue weighted by atomic mass is 10.0. The van der Waals surface area contributed by atoms with Gasteiger partial charge in [-0.05, 0) is 18.4 Å². The van der Waals surface area contributed by atoms with E-state index in [1.165, 1.54) is 0 Å². The molecule has 0 aliphatic rings. The van der Waals surface area contributed by atoms with Crippen molar-refractivity contribution in [3.05, 3.63) is 16.8 Å². The maximum atomic E-state index is 8.87. The lowest BCUT2D eigenvalue weighted by Gasteiger charge is -2.18. The zero-order chi connectivity index (χ0) is 13.0. The van der Waals surface area contributed by atoms with Crippen molar-refractivity contribution < 1.29 is 5.21 Å². The first-order chi connectivity index (χ1) is 8.06. The standard InChI is InChI=1S/C11H19N5O/c1-5-7-8(6-2)13-14-11(16(3)4)9(7)10(12)15-17/h17H,5-6H2,1-4H3,(H2,12,15). The van der Waals surface area contributed by atoms with Crippen LogP contribution in [0.3, 0.4) is 0 Å². The van der Waals surface area contributed by atoms with Crippen molar-refractivity contribution in [3.8, 4) is 0 Å². The van der Waals surface area contributed by atoms with Crippen LogP contribution in [0, 0.1) is 0 Å². The molecule has 0 fully saturated rings. The van der Waals surface area contributed by atoms with E-state index in [-0.39, 0.29) is 5.84 Å². The van der Waals surface area contributed by atoms with Crippen LogP contribution in [0.15, 0.2) is 5.16 Å². The summed E-state index contributed by atoms with van der Waals surface area (Å²) in [6.45, 7) is 4.03. The van der Waals surface area contributed by atoms with Gasteiger partial charge in [0, 0.05) is 14.1 Å². The Morgan fingerprint density at radius 3 is 2.35 bits per heavy atom. The third-order valence-corrected chi connectivity index (χ3v) is 2.62. The van der Waals surface area contributed by atoms with E-state index in [0.717, 1.165) is 24.1 Å². The van der Waals surface area contributed by atoms with Gasteiger partial charge in [-0.15, -0.1) is 5.10 Å². The van der Waals surface area contributed by atoms with Crippen LogP contribution in [0.5, 0.6) is 0 Å². The van der Waals surface area contributed by atoms with E-state index >= 15 is 0 Å². The van der Waals surface area contributed by atoms with Gasteiger partial charge in [-0.2, -0.15) is 5.10 Å². The molecule has 17 heavy (non-hydrogen) atoms. The van der Waals surface area contributed by atoms with Crippen LogP contribution in [0.25, 0.3) is 0 Å². The van der Waals surface area contributed by atoms with Gasteiger partial charge in [-0.3, -0.25) is 0 Å². The largest absolute Gasteiger partial charge is 0.409 e. The number of hydrogen-bond donors (Lipinski definition) is 2. The number of aromatic nitrogens is 2. The van der Waals surface area contributed by atoms with Crippen molar-refractivity contribution in [1.29, 1.82) is 0 Å². The van der Waals surface area contributed by atoms with Gasteiger partial charge in [-0.25, -0.2) is 0 Å². The molecule has 6 heteroatoms. The normalized spacial score (nSPS) is 11.6. The topological polar surface area (TPSA) is 87.6 Å². The number of rotatable bonds is 4. The number of nitrogens with two attached hydrogens (primary N) is 1. The van der Waals surface area contributed by atoms with Gasteiger partial charge < -0.3 is 15.8 Å². The molecule has 0 saturated carbocycles. The molecule has 0 bridgehead atoms. The molecule has 0 aliphatic carbocycles. The van der Waals surface area contributed by atoms with Crippen LogP contribution in [0.4, 0.5) is 5.82 Å². The summed E-state index contributed by atoms with van der Waals surface area (Å²) >= 11 is 0. The van der Waals surface area contributed by atoms with Crippen LogP contribution < -0.4 is 10.6 Å². The van der Waals surface area contributed by atoms with Gasteiger partial charge in [0.25, 0.3) is 0 Å². The fraction of sp³-hybridized carbons (Fsp3) is 0.545. The van der Waals surface area contributed by atoms with Gasteiger partial charge in [0.1, 0.15) is 0 Å². The first-order valence-electron chi connectivity index (χ1n) is 5.60. The van der Waals surface area contributed by atoms with Gasteiger partial charge in [0.15, 0.2) is 11.7 Å². The predicted molar refractivity (Wildman–Crippen MR) is 67.6 cm³/mol. The second kappa shape index (κ2) is 5.47. The summed E-state index contributed by atoms with van der Waals surface area (Å²) in [5.74, 6) is 0.699. The van der Waals surface area contributed by atoms with Crippen molar-refractivity contribution in [2.45, 2.75) is 26.7 Å². The van der Waals surface area contributed by atoms with Crippen molar-refractivity contribution in [3.63, 3.8) is 0 Å². The average molecular weight is 237 g/mol.